The first-order chi connectivity index (χ1) is 13.1. The number of nitrogens with zero attached hydrogens (tertiary/aromatic N) is 1. The Kier molecular flexibility index (Phi) is 6.62. The van der Waals surface area contributed by atoms with Crippen molar-refractivity contribution in [3.05, 3.63) is 71.5 Å². The molecular weight excluding hydrogens is 339 g/mol. The third-order valence-electron chi connectivity index (χ3n) is 5.54. The fourth-order valence-corrected chi connectivity index (χ4v) is 3.78. The third kappa shape index (κ3) is 5.16. The minimum absolute atomic E-state index is 0.000546. The molecule has 0 saturated carbocycles. The van der Waals surface area contributed by atoms with Crippen LogP contribution < -0.4 is 5.32 Å². The van der Waals surface area contributed by atoms with Crippen LogP contribution in [0.1, 0.15) is 50.3 Å². The Labute approximate surface area is 161 Å². The molecule has 0 aromatic heterocycles. The van der Waals surface area contributed by atoms with E-state index in [0.717, 1.165) is 37.9 Å². The Bertz CT molecular complexity index is 732. The summed E-state index contributed by atoms with van der Waals surface area (Å²) >= 11 is 0. The average molecular weight is 368 g/mol. The Morgan fingerprint density at radius 1 is 1.15 bits per heavy atom. The van der Waals surface area contributed by atoms with Crippen molar-refractivity contribution in [2.45, 2.75) is 51.7 Å². The first-order valence-corrected chi connectivity index (χ1v) is 9.90. The number of carbonyl (C=O) groups is 1. The number of benzene rings is 2. The summed E-state index contributed by atoms with van der Waals surface area (Å²) in [7, 11) is 0. The smallest absolute Gasteiger partial charge is 0.224 e. The summed E-state index contributed by atoms with van der Waals surface area (Å²) in [5, 5.41) is 3.13. The van der Waals surface area contributed by atoms with Crippen molar-refractivity contribution in [2.75, 3.05) is 6.54 Å². The number of likely N-dealkylation sites (tertiary alicyclic amines) is 1. The molecule has 1 aliphatic heterocycles. The van der Waals surface area contributed by atoms with Crippen LogP contribution in [0, 0.1) is 11.7 Å². The van der Waals surface area contributed by atoms with Crippen LogP contribution in [-0.4, -0.2) is 23.4 Å². The lowest BCUT2D eigenvalue weighted by atomic mass is 9.88. The minimum atomic E-state index is -0.213. The number of piperidine rings is 1. The van der Waals surface area contributed by atoms with E-state index in [9.17, 15) is 9.18 Å². The predicted octanol–water partition coefficient (Wildman–Crippen LogP) is 4.69. The van der Waals surface area contributed by atoms with Gasteiger partial charge >= 0.3 is 0 Å². The molecule has 3 rings (SSSR count). The summed E-state index contributed by atoms with van der Waals surface area (Å²) in [4.78, 5) is 15.0. The molecule has 2 aromatic rings. The molecule has 0 unspecified atom stereocenters. The summed E-state index contributed by atoms with van der Waals surface area (Å²) in [6.45, 7) is 5.64. The third-order valence-corrected chi connectivity index (χ3v) is 5.54. The van der Waals surface area contributed by atoms with E-state index in [1.807, 2.05) is 37.3 Å². The largest absolute Gasteiger partial charge is 0.353 e. The first-order valence-electron chi connectivity index (χ1n) is 9.90. The number of nitrogens with one attached hydrogen (secondary N) is 1. The van der Waals surface area contributed by atoms with Crippen molar-refractivity contribution in [1.29, 1.82) is 0 Å². The van der Waals surface area contributed by atoms with E-state index in [4.69, 9.17) is 0 Å². The molecule has 2 aromatic carbocycles. The molecule has 3 atom stereocenters. The van der Waals surface area contributed by atoms with Gasteiger partial charge in [-0.1, -0.05) is 49.4 Å². The van der Waals surface area contributed by atoms with Crippen LogP contribution >= 0.6 is 0 Å². The molecule has 1 aliphatic rings. The van der Waals surface area contributed by atoms with Gasteiger partial charge in [0.1, 0.15) is 5.82 Å². The molecule has 1 amide bonds. The van der Waals surface area contributed by atoms with Gasteiger partial charge in [-0.3, -0.25) is 9.69 Å². The molecule has 1 saturated heterocycles. The number of amides is 1. The highest BCUT2D eigenvalue weighted by molar-refractivity contribution is 5.79. The maximum Gasteiger partial charge on any atom is 0.224 e. The highest BCUT2D eigenvalue weighted by Crippen LogP contribution is 2.34. The van der Waals surface area contributed by atoms with E-state index < -0.39 is 0 Å². The summed E-state index contributed by atoms with van der Waals surface area (Å²) in [5.41, 5.74) is 2.35. The standard InChI is InChI=1S/C23H29FN2O/c1-3-17(2)25-23(27)20-11-14-22(19-9-12-21(24)13-10-19)26(16-20)15-18-7-5-4-6-8-18/h4-10,12-13,17,20,22H,3,11,14-16H2,1-2H3,(H,25,27)/t17-,20-,22+/m0/s1. The quantitative estimate of drug-likeness (QED) is 0.802. The average Bonchev–Trinajstić information content (AvgIpc) is 2.69. The van der Waals surface area contributed by atoms with E-state index in [2.05, 4.69) is 29.3 Å². The zero-order valence-electron chi connectivity index (χ0n) is 16.2. The normalized spacial score (nSPS) is 21.6. The Hall–Kier alpha value is -2.20. The maximum absolute atomic E-state index is 13.4. The van der Waals surface area contributed by atoms with Crippen molar-refractivity contribution in [1.82, 2.24) is 10.2 Å². The number of carbonyl (C=O) groups excluding carboxylic acids is 1. The van der Waals surface area contributed by atoms with E-state index >= 15 is 0 Å². The maximum atomic E-state index is 13.4. The summed E-state index contributed by atoms with van der Waals surface area (Å²) in [5.74, 6) is -0.0608. The Morgan fingerprint density at radius 3 is 2.52 bits per heavy atom. The summed E-state index contributed by atoms with van der Waals surface area (Å²) in [6.07, 6.45) is 2.69. The van der Waals surface area contributed by atoms with Crippen molar-refractivity contribution in [3.63, 3.8) is 0 Å². The van der Waals surface area contributed by atoms with Gasteiger partial charge in [0, 0.05) is 25.2 Å². The van der Waals surface area contributed by atoms with Crippen LogP contribution in [0.3, 0.4) is 0 Å². The van der Waals surface area contributed by atoms with Crippen LogP contribution in [0.2, 0.25) is 0 Å². The fraction of sp³-hybridized carbons (Fsp3) is 0.435. The Balaban J connectivity index is 1.77. The monoisotopic (exact) mass is 368 g/mol. The van der Waals surface area contributed by atoms with E-state index in [1.54, 1.807) is 0 Å². The van der Waals surface area contributed by atoms with Gasteiger partial charge in [-0.05, 0) is 49.4 Å². The van der Waals surface area contributed by atoms with E-state index in [0.29, 0.717) is 0 Å². The minimum Gasteiger partial charge on any atom is -0.353 e. The molecule has 144 valence electrons. The molecule has 0 radical (unpaired) electrons. The van der Waals surface area contributed by atoms with Gasteiger partial charge in [0.15, 0.2) is 0 Å². The van der Waals surface area contributed by atoms with Gasteiger partial charge in [0.05, 0.1) is 5.92 Å². The topological polar surface area (TPSA) is 32.3 Å². The van der Waals surface area contributed by atoms with E-state index in [-0.39, 0.29) is 29.7 Å². The highest BCUT2D eigenvalue weighted by Gasteiger charge is 2.33. The number of halogens is 1. The van der Waals surface area contributed by atoms with Crippen LogP contribution in [0.4, 0.5) is 4.39 Å². The molecule has 4 heteroatoms. The lowest BCUT2D eigenvalue weighted by Crippen LogP contribution is -2.46. The number of hydrogen-bond acceptors (Lipinski definition) is 2. The van der Waals surface area contributed by atoms with Gasteiger partial charge < -0.3 is 5.32 Å². The van der Waals surface area contributed by atoms with E-state index in [1.165, 1.54) is 17.7 Å². The van der Waals surface area contributed by atoms with Crippen LogP contribution in [-0.2, 0) is 11.3 Å². The van der Waals surface area contributed by atoms with Gasteiger partial charge in [0.2, 0.25) is 5.91 Å². The van der Waals surface area contributed by atoms with Crippen molar-refractivity contribution in [2.24, 2.45) is 5.92 Å². The summed E-state index contributed by atoms with van der Waals surface area (Å²) in [6, 6.07) is 17.5. The van der Waals surface area contributed by atoms with Gasteiger partial charge in [-0.15, -0.1) is 0 Å². The molecule has 1 heterocycles. The van der Waals surface area contributed by atoms with Crippen molar-refractivity contribution < 1.29 is 9.18 Å². The lowest BCUT2D eigenvalue weighted by molar-refractivity contribution is -0.128. The number of hydrogen-bond donors (Lipinski definition) is 1. The van der Waals surface area contributed by atoms with Crippen molar-refractivity contribution >= 4 is 5.91 Å². The second-order valence-electron chi connectivity index (χ2n) is 7.57. The first kappa shape index (κ1) is 19.6. The van der Waals surface area contributed by atoms with Crippen molar-refractivity contribution in [3.8, 4) is 0 Å². The molecule has 3 nitrogen and oxygen atoms in total. The fourth-order valence-electron chi connectivity index (χ4n) is 3.78. The second-order valence-corrected chi connectivity index (χ2v) is 7.57. The molecule has 27 heavy (non-hydrogen) atoms. The molecule has 1 fully saturated rings. The summed E-state index contributed by atoms with van der Waals surface area (Å²) < 4.78 is 13.4. The molecular formula is C23H29FN2O. The van der Waals surface area contributed by atoms with Crippen LogP contribution in [0.15, 0.2) is 54.6 Å². The van der Waals surface area contributed by atoms with Crippen LogP contribution in [0.5, 0.6) is 0 Å². The zero-order chi connectivity index (χ0) is 19.2. The number of rotatable bonds is 6. The second kappa shape index (κ2) is 9.14. The Morgan fingerprint density at radius 2 is 1.85 bits per heavy atom. The molecule has 0 spiro atoms. The van der Waals surface area contributed by atoms with Gasteiger partial charge in [-0.25, -0.2) is 4.39 Å². The van der Waals surface area contributed by atoms with Crippen LogP contribution in [0.25, 0.3) is 0 Å². The van der Waals surface area contributed by atoms with Gasteiger partial charge in [0.25, 0.3) is 0 Å². The molecule has 1 N–H and O–H groups in total. The molecule has 0 aliphatic carbocycles. The predicted molar refractivity (Wildman–Crippen MR) is 107 cm³/mol. The SMILES string of the molecule is CC[C@H](C)NC(=O)[C@H]1CC[C@H](c2ccc(F)cc2)N(Cc2ccccc2)C1. The van der Waals surface area contributed by atoms with Gasteiger partial charge in [-0.2, -0.15) is 0 Å². The lowest BCUT2D eigenvalue weighted by Gasteiger charge is -2.40. The molecule has 0 bridgehead atoms. The zero-order valence-corrected chi connectivity index (χ0v) is 16.2. The highest BCUT2D eigenvalue weighted by atomic mass is 19.1.